The molecule has 11 atom stereocenters. The van der Waals surface area contributed by atoms with Gasteiger partial charge in [-0.15, -0.1) is 0 Å². The van der Waals surface area contributed by atoms with E-state index in [2.05, 4.69) is 27.7 Å². The SMILES string of the molecule is CC1=C2C[C@H]3C(CC[C@@H]4C[C@H](O)CC[C@@]43C)[C@@H]2CCC2(C1)O[C@@H]1C[C@H](C)CN(C(=O)OCc3ccccc3)[C@H]1[C@H]2C. The van der Waals surface area contributed by atoms with Crippen molar-refractivity contribution in [2.24, 2.45) is 40.9 Å². The average Bonchev–Trinajstić information content (AvgIpc) is 3.42. The summed E-state index contributed by atoms with van der Waals surface area (Å²) in [6.07, 6.45) is 11.2. The number of hydrogen-bond acceptors (Lipinski definition) is 4. The van der Waals surface area contributed by atoms with Gasteiger partial charge in [0, 0.05) is 12.5 Å². The van der Waals surface area contributed by atoms with E-state index in [-0.39, 0.29) is 35.9 Å². The van der Waals surface area contributed by atoms with E-state index in [9.17, 15) is 9.90 Å². The first-order valence-electron chi connectivity index (χ1n) is 16.7. The Labute approximate surface area is 247 Å². The molecule has 2 heterocycles. The molecule has 5 fully saturated rings. The summed E-state index contributed by atoms with van der Waals surface area (Å²) >= 11 is 0. The number of carbonyl (C=O) groups is 1. The van der Waals surface area contributed by atoms with E-state index in [1.54, 1.807) is 11.1 Å². The van der Waals surface area contributed by atoms with Gasteiger partial charge in [0.2, 0.25) is 0 Å². The molecular weight excluding hydrogens is 510 g/mol. The van der Waals surface area contributed by atoms with E-state index >= 15 is 0 Å². The lowest BCUT2D eigenvalue weighted by Crippen LogP contribution is -2.54. The predicted octanol–water partition coefficient (Wildman–Crippen LogP) is 7.52. The summed E-state index contributed by atoms with van der Waals surface area (Å²) in [5.41, 5.74) is 4.56. The van der Waals surface area contributed by atoms with Gasteiger partial charge in [0.25, 0.3) is 0 Å². The van der Waals surface area contributed by atoms with E-state index in [1.165, 1.54) is 32.1 Å². The molecule has 5 heteroatoms. The van der Waals surface area contributed by atoms with Gasteiger partial charge in [-0.25, -0.2) is 4.79 Å². The normalized spacial score (nSPS) is 45.5. The average molecular weight is 562 g/mol. The van der Waals surface area contributed by atoms with Crippen molar-refractivity contribution in [1.29, 1.82) is 0 Å². The maximum atomic E-state index is 13.5. The highest BCUT2D eigenvalue weighted by molar-refractivity contribution is 5.68. The van der Waals surface area contributed by atoms with Crippen molar-refractivity contribution in [1.82, 2.24) is 4.90 Å². The smallest absolute Gasteiger partial charge is 0.410 e. The quantitative estimate of drug-likeness (QED) is 0.380. The first-order valence-corrected chi connectivity index (χ1v) is 16.7. The highest BCUT2D eigenvalue weighted by atomic mass is 16.6. The molecule has 2 unspecified atom stereocenters. The second-order valence-electron chi connectivity index (χ2n) is 15.3. The number of amides is 1. The standard InChI is InChI=1S/C36H51NO4/c1-22-16-32-33(37(20-22)34(39)40-21-25-8-6-5-7-9-25)24(3)36(41-32)15-13-28-29-11-10-26-17-27(38)12-14-35(26,4)31(29)18-30(28)23(2)19-36/h5-9,22,24,26-29,31-33,38H,10-21H2,1-4H3/t22-,24+,26+,27+,28-,29?,31-,32+,33-,35-,36?/m0/s1. The lowest BCUT2D eigenvalue weighted by Gasteiger charge is -2.53. The summed E-state index contributed by atoms with van der Waals surface area (Å²) < 4.78 is 13.1. The molecule has 5 nitrogen and oxygen atoms in total. The molecule has 7 rings (SSSR count). The fraction of sp³-hybridized carbons (Fsp3) is 0.750. The van der Waals surface area contributed by atoms with Gasteiger partial charge in [-0.2, -0.15) is 0 Å². The van der Waals surface area contributed by atoms with Crippen molar-refractivity contribution < 1.29 is 19.4 Å². The summed E-state index contributed by atoms with van der Waals surface area (Å²) in [4.78, 5) is 15.5. The number of aliphatic hydroxyl groups is 1. The number of benzene rings is 1. The van der Waals surface area contributed by atoms with E-state index < -0.39 is 0 Å². The number of likely N-dealkylation sites (tertiary alicyclic amines) is 1. The van der Waals surface area contributed by atoms with Crippen LogP contribution in [-0.4, -0.2) is 46.5 Å². The van der Waals surface area contributed by atoms with Crippen LogP contribution >= 0.6 is 0 Å². The Balaban J connectivity index is 1.11. The number of piperidine rings is 1. The summed E-state index contributed by atoms with van der Waals surface area (Å²) in [6, 6.07) is 10.1. The number of carbonyl (C=O) groups excluding carboxylic acids is 1. The van der Waals surface area contributed by atoms with Crippen molar-refractivity contribution in [2.45, 2.75) is 122 Å². The lowest BCUT2D eigenvalue weighted by molar-refractivity contribution is -0.0832. The highest BCUT2D eigenvalue weighted by Crippen LogP contribution is 2.65. The Hall–Kier alpha value is -1.85. The topological polar surface area (TPSA) is 59.0 Å². The fourth-order valence-corrected chi connectivity index (χ4v) is 11.0. The minimum Gasteiger partial charge on any atom is -0.445 e. The molecule has 41 heavy (non-hydrogen) atoms. The number of nitrogens with zero attached hydrogens (tertiary/aromatic N) is 1. The van der Waals surface area contributed by atoms with Crippen LogP contribution in [0.15, 0.2) is 41.5 Å². The molecule has 1 N–H and O–H groups in total. The van der Waals surface area contributed by atoms with Gasteiger partial charge in [-0.1, -0.05) is 62.2 Å². The van der Waals surface area contributed by atoms with Gasteiger partial charge in [0.1, 0.15) is 6.61 Å². The monoisotopic (exact) mass is 561 g/mol. The largest absolute Gasteiger partial charge is 0.445 e. The van der Waals surface area contributed by atoms with E-state index in [1.807, 2.05) is 35.2 Å². The molecule has 1 aromatic rings. The molecule has 0 aromatic heterocycles. The summed E-state index contributed by atoms with van der Waals surface area (Å²) in [6.45, 7) is 10.7. The van der Waals surface area contributed by atoms with E-state index in [0.717, 1.165) is 56.0 Å². The summed E-state index contributed by atoms with van der Waals surface area (Å²) in [5, 5.41) is 10.4. The minimum absolute atomic E-state index is 0.0836. The van der Waals surface area contributed by atoms with Crippen LogP contribution in [0.3, 0.4) is 0 Å². The van der Waals surface area contributed by atoms with Crippen LogP contribution < -0.4 is 0 Å². The molecule has 224 valence electrons. The van der Waals surface area contributed by atoms with E-state index in [4.69, 9.17) is 9.47 Å². The number of hydrogen-bond donors (Lipinski definition) is 1. The Kier molecular flexibility index (Phi) is 7.09. The van der Waals surface area contributed by atoms with Gasteiger partial charge in [-0.05, 0) is 112 Å². The number of aliphatic hydroxyl groups excluding tert-OH is 1. The van der Waals surface area contributed by atoms with Crippen LogP contribution in [0.5, 0.6) is 0 Å². The van der Waals surface area contributed by atoms with Crippen LogP contribution in [0, 0.1) is 40.9 Å². The van der Waals surface area contributed by atoms with Crippen molar-refractivity contribution >= 4 is 6.09 Å². The number of allylic oxidation sites excluding steroid dienone is 1. The third-order valence-corrected chi connectivity index (χ3v) is 13.2. The van der Waals surface area contributed by atoms with Gasteiger partial charge in [0.15, 0.2) is 0 Å². The molecule has 2 saturated heterocycles. The Bertz CT molecular complexity index is 1180. The molecule has 1 spiro atoms. The lowest BCUT2D eigenvalue weighted by atomic mass is 9.52. The molecule has 6 aliphatic rings. The molecule has 0 bridgehead atoms. The van der Waals surface area contributed by atoms with Gasteiger partial charge >= 0.3 is 6.09 Å². The third-order valence-electron chi connectivity index (χ3n) is 13.2. The zero-order valence-electron chi connectivity index (χ0n) is 25.7. The molecule has 2 aliphatic heterocycles. The Morgan fingerprint density at radius 2 is 1.90 bits per heavy atom. The molecule has 0 radical (unpaired) electrons. The minimum atomic E-state index is -0.190. The Morgan fingerprint density at radius 1 is 1.10 bits per heavy atom. The van der Waals surface area contributed by atoms with Crippen LogP contribution in [0.1, 0.15) is 97.5 Å². The summed E-state index contributed by atoms with van der Waals surface area (Å²) in [7, 11) is 0. The number of ether oxygens (including phenoxy) is 2. The third kappa shape index (κ3) is 4.60. The second-order valence-corrected chi connectivity index (χ2v) is 15.3. The van der Waals surface area contributed by atoms with Crippen LogP contribution in [0.25, 0.3) is 0 Å². The zero-order valence-corrected chi connectivity index (χ0v) is 25.7. The fourth-order valence-electron chi connectivity index (χ4n) is 11.0. The van der Waals surface area contributed by atoms with Gasteiger partial charge in [-0.3, -0.25) is 0 Å². The maximum absolute atomic E-state index is 13.5. The van der Waals surface area contributed by atoms with Gasteiger partial charge in [0.05, 0.1) is 23.9 Å². The summed E-state index contributed by atoms with van der Waals surface area (Å²) in [5.74, 6) is 3.63. The number of rotatable bonds is 2. The molecule has 4 aliphatic carbocycles. The van der Waals surface area contributed by atoms with Crippen molar-refractivity contribution in [2.75, 3.05) is 6.54 Å². The molecule has 3 saturated carbocycles. The van der Waals surface area contributed by atoms with Crippen LogP contribution in [0.4, 0.5) is 4.79 Å². The van der Waals surface area contributed by atoms with Gasteiger partial charge < -0.3 is 19.5 Å². The highest BCUT2D eigenvalue weighted by Gasteiger charge is 2.60. The molecule has 1 aromatic carbocycles. The maximum Gasteiger partial charge on any atom is 0.410 e. The first-order chi connectivity index (χ1) is 19.7. The zero-order chi connectivity index (χ0) is 28.5. The van der Waals surface area contributed by atoms with Crippen molar-refractivity contribution in [3.63, 3.8) is 0 Å². The molecular formula is C36H51NO4. The van der Waals surface area contributed by atoms with E-state index in [0.29, 0.717) is 29.8 Å². The van der Waals surface area contributed by atoms with Crippen molar-refractivity contribution in [3.05, 3.63) is 47.0 Å². The number of fused-ring (bicyclic) bond motifs is 6. The van der Waals surface area contributed by atoms with Crippen LogP contribution in [0.2, 0.25) is 0 Å². The van der Waals surface area contributed by atoms with Crippen molar-refractivity contribution in [3.8, 4) is 0 Å². The first kappa shape index (κ1) is 28.0. The van der Waals surface area contributed by atoms with Crippen LogP contribution in [-0.2, 0) is 16.1 Å². The second kappa shape index (κ2) is 10.4. The molecule has 1 amide bonds. The Morgan fingerprint density at radius 3 is 2.71 bits per heavy atom. The predicted molar refractivity (Wildman–Crippen MR) is 160 cm³/mol.